The van der Waals surface area contributed by atoms with Crippen LogP contribution in [0.4, 0.5) is 0 Å². The first-order chi connectivity index (χ1) is 13.3. The number of methoxy groups -OCH3 is 1. The Morgan fingerprint density at radius 3 is 1.70 bits per heavy atom. The minimum Gasteiger partial charge on any atom is -0.467 e. The molecule has 1 aliphatic heterocycles. The molecule has 1 saturated heterocycles. The van der Waals surface area contributed by atoms with Crippen LogP contribution in [0.3, 0.4) is 0 Å². The van der Waals surface area contributed by atoms with Gasteiger partial charge in [0.05, 0.1) is 13.5 Å². The van der Waals surface area contributed by atoms with Crippen molar-refractivity contribution < 1.29 is 38.5 Å². The van der Waals surface area contributed by atoms with Crippen LogP contribution in [0.15, 0.2) is 0 Å². The molecule has 0 saturated carbocycles. The lowest BCUT2D eigenvalue weighted by molar-refractivity contribution is -0.204. The third-order valence-electron chi connectivity index (χ3n) is 4.65. The van der Waals surface area contributed by atoms with E-state index in [4.69, 9.17) is 14.2 Å². The smallest absolute Gasteiger partial charge is 0.347 e. The first kappa shape index (κ1) is 25.9. The maximum atomic E-state index is 13.5. The van der Waals surface area contributed by atoms with E-state index in [0.29, 0.717) is 0 Å². The Labute approximate surface area is 178 Å². The molecule has 0 spiro atoms. The lowest BCUT2D eigenvalue weighted by Gasteiger charge is -2.45. The molecule has 1 rings (SSSR count). The van der Waals surface area contributed by atoms with E-state index in [0.717, 1.165) is 12.0 Å². The summed E-state index contributed by atoms with van der Waals surface area (Å²) < 4.78 is 15.8. The van der Waals surface area contributed by atoms with Crippen LogP contribution >= 0.6 is 0 Å². The first-order valence-electron chi connectivity index (χ1n) is 9.91. The van der Waals surface area contributed by atoms with Crippen molar-refractivity contribution in [1.82, 2.24) is 4.90 Å². The number of hydrogen-bond donors (Lipinski definition) is 1. The molecule has 9 heteroatoms. The van der Waals surface area contributed by atoms with E-state index >= 15 is 0 Å². The highest BCUT2D eigenvalue weighted by atomic mass is 16.6. The fraction of sp³-hybridized carbons (Fsp3) is 0.810. The van der Waals surface area contributed by atoms with Crippen LogP contribution in [0.5, 0.6) is 0 Å². The normalized spacial score (nSPS) is 22.7. The Morgan fingerprint density at radius 1 is 1.00 bits per heavy atom. The second-order valence-electron chi connectivity index (χ2n) is 10.1. The third-order valence-corrected chi connectivity index (χ3v) is 4.65. The van der Waals surface area contributed by atoms with Crippen LogP contribution in [0.1, 0.15) is 68.7 Å². The second-order valence-corrected chi connectivity index (χ2v) is 10.1. The molecule has 1 N–H and O–H groups in total. The Bertz CT molecular complexity index is 683. The fourth-order valence-corrected chi connectivity index (χ4v) is 3.54. The van der Waals surface area contributed by atoms with Crippen molar-refractivity contribution in [3.63, 3.8) is 0 Å². The van der Waals surface area contributed by atoms with Gasteiger partial charge in [0.15, 0.2) is 0 Å². The summed E-state index contributed by atoms with van der Waals surface area (Å²) in [6.45, 7) is 14.0. The molecule has 0 bridgehead atoms. The average Bonchev–Trinajstić information content (AvgIpc) is 2.70. The van der Waals surface area contributed by atoms with Gasteiger partial charge in [-0.2, -0.15) is 0 Å². The van der Waals surface area contributed by atoms with Crippen molar-refractivity contribution in [2.24, 2.45) is 5.92 Å². The Balaban J connectivity index is 3.89. The van der Waals surface area contributed by atoms with Crippen LogP contribution in [-0.2, 0) is 33.4 Å². The summed E-state index contributed by atoms with van der Waals surface area (Å²) >= 11 is 0. The highest BCUT2D eigenvalue weighted by Crippen LogP contribution is 2.45. The Kier molecular flexibility index (Phi) is 7.05. The molecule has 30 heavy (non-hydrogen) atoms. The molecule has 1 fully saturated rings. The van der Waals surface area contributed by atoms with Crippen LogP contribution in [-0.4, -0.2) is 69.3 Å². The van der Waals surface area contributed by atoms with E-state index in [1.54, 1.807) is 55.4 Å². The van der Waals surface area contributed by atoms with Gasteiger partial charge in [-0.25, -0.2) is 14.4 Å². The number of ether oxygens (including phenoxy) is 3. The lowest BCUT2D eigenvalue weighted by Crippen LogP contribution is -2.72. The van der Waals surface area contributed by atoms with Crippen molar-refractivity contribution in [3.05, 3.63) is 0 Å². The number of aliphatic hydroxyl groups is 1. The van der Waals surface area contributed by atoms with Gasteiger partial charge in [0, 0.05) is 0 Å². The molecule has 172 valence electrons. The van der Waals surface area contributed by atoms with Gasteiger partial charge in [-0.05, 0) is 54.4 Å². The molecule has 0 radical (unpaired) electrons. The van der Waals surface area contributed by atoms with Gasteiger partial charge in [0.2, 0.25) is 5.91 Å². The topological polar surface area (TPSA) is 119 Å². The number of carbonyl (C=O) groups is 4. The van der Waals surface area contributed by atoms with Crippen molar-refractivity contribution in [2.45, 2.75) is 97.1 Å². The van der Waals surface area contributed by atoms with Gasteiger partial charge in [0.1, 0.15) is 22.8 Å². The summed E-state index contributed by atoms with van der Waals surface area (Å²) in [7, 11) is 1.14. The van der Waals surface area contributed by atoms with E-state index in [1.165, 1.54) is 6.92 Å². The average molecular weight is 430 g/mol. The predicted octanol–water partition coefficient (Wildman–Crippen LogP) is 1.59. The quantitative estimate of drug-likeness (QED) is 0.397. The summed E-state index contributed by atoms with van der Waals surface area (Å²) in [5, 5.41) is 11.2. The Hall–Kier alpha value is -2.16. The number of amides is 1. The SMILES string of the molecule is COC(=O)[C@@H](C(C)C)N1C(=O)CC(C)(O)C1(C(=O)OC(C)(C)C)C(=O)OC(C)(C)C. The van der Waals surface area contributed by atoms with Gasteiger partial charge in [-0.15, -0.1) is 0 Å². The van der Waals surface area contributed by atoms with E-state index in [9.17, 15) is 24.3 Å². The highest BCUT2D eigenvalue weighted by molar-refractivity contribution is 6.13. The van der Waals surface area contributed by atoms with Gasteiger partial charge < -0.3 is 24.2 Å². The molecule has 2 atom stereocenters. The van der Waals surface area contributed by atoms with Crippen LogP contribution in [0.2, 0.25) is 0 Å². The zero-order valence-electron chi connectivity index (χ0n) is 19.6. The van der Waals surface area contributed by atoms with E-state index in [-0.39, 0.29) is 0 Å². The molecule has 1 amide bonds. The van der Waals surface area contributed by atoms with E-state index in [1.807, 2.05) is 0 Å². The standard InChI is InChI=1S/C21H35NO8/c1-12(2)14(15(24)28-10)22-13(23)11-20(9,27)21(22,16(25)29-18(3,4)5)17(26)30-19(6,7)8/h12,14,27H,11H2,1-10H3/t14-,20?/m1/s1. The van der Waals surface area contributed by atoms with Crippen molar-refractivity contribution in [2.75, 3.05) is 7.11 Å². The molecule has 1 unspecified atom stereocenters. The van der Waals surface area contributed by atoms with Gasteiger partial charge >= 0.3 is 17.9 Å². The second kappa shape index (κ2) is 8.17. The maximum absolute atomic E-state index is 13.5. The fourth-order valence-electron chi connectivity index (χ4n) is 3.54. The number of likely N-dealkylation sites (tertiary alicyclic amines) is 1. The number of carbonyl (C=O) groups excluding carboxylic acids is 4. The number of rotatable bonds is 5. The maximum Gasteiger partial charge on any atom is 0.347 e. The summed E-state index contributed by atoms with van der Waals surface area (Å²) in [5.41, 5.74) is -6.88. The van der Waals surface area contributed by atoms with Crippen LogP contribution < -0.4 is 0 Å². The monoisotopic (exact) mass is 429 g/mol. The molecule has 0 aromatic heterocycles. The molecule has 1 aliphatic rings. The molecular weight excluding hydrogens is 394 g/mol. The highest BCUT2D eigenvalue weighted by Gasteiger charge is 2.74. The Morgan fingerprint density at radius 2 is 1.40 bits per heavy atom. The number of hydrogen-bond acceptors (Lipinski definition) is 8. The lowest BCUT2D eigenvalue weighted by atomic mass is 9.79. The number of esters is 3. The zero-order valence-corrected chi connectivity index (χ0v) is 19.6. The van der Waals surface area contributed by atoms with E-state index < -0.39 is 64.5 Å². The van der Waals surface area contributed by atoms with Gasteiger partial charge in [0.25, 0.3) is 5.54 Å². The van der Waals surface area contributed by atoms with Crippen molar-refractivity contribution >= 4 is 23.8 Å². The first-order valence-corrected chi connectivity index (χ1v) is 9.91. The summed E-state index contributed by atoms with van der Waals surface area (Å²) in [4.78, 5) is 53.4. The molecule has 1 heterocycles. The molecule has 0 aromatic rings. The predicted molar refractivity (Wildman–Crippen MR) is 107 cm³/mol. The van der Waals surface area contributed by atoms with Crippen LogP contribution in [0.25, 0.3) is 0 Å². The molecule has 9 nitrogen and oxygen atoms in total. The van der Waals surface area contributed by atoms with Gasteiger partial charge in [-0.3, -0.25) is 4.79 Å². The van der Waals surface area contributed by atoms with Crippen LogP contribution in [0, 0.1) is 5.92 Å². The summed E-state index contributed by atoms with van der Waals surface area (Å²) in [5.74, 6) is -4.47. The van der Waals surface area contributed by atoms with Gasteiger partial charge in [-0.1, -0.05) is 13.8 Å². The minimum atomic E-state index is -2.59. The zero-order chi connectivity index (χ0) is 23.9. The van der Waals surface area contributed by atoms with Crippen molar-refractivity contribution in [3.8, 4) is 0 Å². The molecule has 0 aromatic carbocycles. The molecule has 0 aliphatic carbocycles. The minimum absolute atomic E-state index is 0.542. The third kappa shape index (κ3) is 4.77. The van der Waals surface area contributed by atoms with Crippen molar-refractivity contribution in [1.29, 1.82) is 0 Å². The summed E-state index contributed by atoms with van der Waals surface area (Å²) in [6.07, 6.45) is -0.578. The number of nitrogens with zero attached hydrogens (tertiary/aromatic N) is 1. The van der Waals surface area contributed by atoms with E-state index in [2.05, 4.69) is 0 Å². The largest absolute Gasteiger partial charge is 0.467 e. The molecular formula is C21H35NO8. The summed E-state index contributed by atoms with van der Waals surface area (Å²) in [6, 6.07) is -1.32.